The van der Waals surface area contributed by atoms with E-state index in [4.69, 9.17) is 11.6 Å². The number of aryl methyl sites for hydroxylation is 1. The first-order valence-electron chi connectivity index (χ1n) is 9.67. The molecule has 0 unspecified atom stereocenters. The molecule has 1 amide bonds. The number of benzene rings is 3. The number of thioether (sulfide) groups is 1. The molecule has 0 aliphatic heterocycles. The van der Waals surface area contributed by atoms with Crippen molar-refractivity contribution in [3.8, 4) is 17.1 Å². The van der Waals surface area contributed by atoms with E-state index in [1.807, 2.05) is 47.9 Å². The first-order chi connectivity index (χ1) is 15.8. The number of rotatable bonds is 6. The van der Waals surface area contributed by atoms with Gasteiger partial charge in [-0.15, -0.1) is 10.2 Å². The number of carbonyl (C=O) groups is 1. The molecule has 0 spiro atoms. The van der Waals surface area contributed by atoms with Crippen LogP contribution in [0, 0.1) is 18.6 Å². The van der Waals surface area contributed by atoms with Crippen molar-refractivity contribution in [2.75, 3.05) is 11.1 Å². The van der Waals surface area contributed by atoms with Crippen molar-refractivity contribution in [2.24, 2.45) is 0 Å². The Morgan fingerprint density at radius 1 is 1.09 bits per heavy atom. The van der Waals surface area contributed by atoms with Gasteiger partial charge in [-0.3, -0.25) is 9.36 Å². The Morgan fingerprint density at radius 2 is 1.79 bits per heavy atom. The minimum Gasteiger partial charge on any atom is -0.322 e. The van der Waals surface area contributed by atoms with Crippen LogP contribution in [0.2, 0.25) is 5.02 Å². The zero-order valence-electron chi connectivity index (χ0n) is 17.2. The maximum absolute atomic E-state index is 14.0. The van der Waals surface area contributed by atoms with Gasteiger partial charge in [-0.05, 0) is 65.3 Å². The van der Waals surface area contributed by atoms with Crippen LogP contribution in [0.15, 0.2) is 70.3 Å². The van der Waals surface area contributed by atoms with E-state index in [-0.39, 0.29) is 15.9 Å². The van der Waals surface area contributed by atoms with E-state index in [1.54, 1.807) is 12.1 Å². The van der Waals surface area contributed by atoms with E-state index in [2.05, 4.69) is 31.4 Å². The Labute approximate surface area is 206 Å². The number of anilines is 1. The van der Waals surface area contributed by atoms with Crippen LogP contribution in [0.1, 0.15) is 5.56 Å². The van der Waals surface area contributed by atoms with Crippen molar-refractivity contribution in [1.29, 1.82) is 0 Å². The molecule has 0 radical (unpaired) electrons. The molecule has 3 aromatic carbocycles. The van der Waals surface area contributed by atoms with Crippen molar-refractivity contribution in [3.63, 3.8) is 0 Å². The van der Waals surface area contributed by atoms with Gasteiger partial charge in [0.25, 0.3) is 0 Å². The maximum Gasteiger partial charge on any atom is 0.234 e. The highest BCUT2D eigenvalue weighted by Gasteiger charge is 2.19. The predicted octanol–water partition coefficient (Wildman–Crippen LogP) is 6.67. The van der Waals surface area contributed by atoms with Gasteiger partial charge in [0.15, 0.2) is 16.8 Å². The lowest BCUT2D eigenvalue weighted by Gasteiger charge is -2.11. The molecule has 4 rings (SSSR count). The van der Waals surface area contributed by atoms with Crippen molar-refractivity contribution in [3.05, 3.63) is 87.4 Å². The summed E-state index contributed by atoms with van der Waals surface area (Å²) in [5.74, 6) is -1.56. The molecule has 0 atom stereocenters. The molecule has 5 nitrogen and oxygen atoms in total. The van der Waals surface area contributed by atoms with Gasteiger partial charge in [-0.2, -0.15) is 0 Å². The molecule has 10 heteroatoms. The summed E-state index contributed by atoms with van der Waals surface area (Å²) in [5.41, 5.74) is 2.61. The molecule has 0 saturated heterocycles. The van der Waals surface area contributed by atoms with Gasteiger partial charge in [-0.1, -0.05) is 41.1 Å². The summed E-state index contributed by atoms with van der Waals surface area (Å²) in [6.07, 6.45) is 0. The zero-order valence-corrected chi connectivity index (χ0v) is 20.3. The van der Waals surface area contributed by atoms with Gasteiger partial charge in [0, 0.05) is 26.8 Å². The van der Waals surface area contributed by atoms with E-state index in [0.717, 1.165) is 34.6 Å². The van der Waals surface area contributed by atoms with Crippen LogP contribution in [0.5, 0.6) is 0 Å². The molecule has 33 heavy (non-hydrogen) atoms. The zero-order chi connectivity index (χ0) is 23.5. The van der Waals surface area contributed by atoms with Crippen LogP contribution in [0.25, 0.3) is 17.1 Å². The maximum atomic E-state index is 14.0. The second-order valence-corrected chi connectivity index (χ2v) is 9.30. The lowest BCUT2D eigenvalue weighted by Crippen LogP contribution is -2.16. The number of aromatic nitrogens is 3. The standard InChI is InChI=1S/C23H16BrClF2N4OS/c1-13-2-8-17(9-3-13)31-22(14-4-6-15(25)7-5-14)29-30-23(31)33-12-20(32)28-21-18(24)10-16(26)11-19(21)27/h2-11H,12H2,1H3,(H,28,32). The van der Waals surface area contributed by atoms with E-state index >= 15 is 0 Å². The molecule has 1 aromatic heterocycles. The molecular formula is C23H16BrClF2N4OS. The number of nitrogens with zero attached hydrogens (tertiary/aromatic N) is 3. The number of hydrogen-bond acceptors (Lipinski definition) is 4. The largest absolute Gasteiger partial charge is 0.322 e. The van der Waals surface area contributed by atoms with Crippen molar-refractivity contribution < 1.29 is 13.6 Å². The van der Waals surface area contributed by atoms with E-state index in [1.165, 1.54) is 0 Å². The van der Waals surface area contributed by atoms with Crippen LogP contribution < -0.4 is 5.32 Å². The van der Waals surface area contributed by atoms with E-state index < -0.39 is 17.5 Å². The first-order valence-corrected chi connectivity index (χ1v) is 11.8. The Morgan fingerprint density at radius 3 is 2.45 bits per heavy atom. The lowest BCUT2D eigenvalue weighted by molar-refractivity contribution is -0.113. The highest BCUT2D eigenvalue weighted by Crippen LogP contribution is 2.30. The van der Waals surface area contributed by atoms with Crippen LogP contribution in [-0.2, 0) is 4.79 Å². The van der Waals surface area contributed by atoms with Gasteiger partial charge in [0.05, 0.1) is 11.4 Å². The number of hydrogen-bond donors (Lipinski definition) is 1. The van der Waals surface area contributed by atoms with Gasteiger partial charge in [-0.25, -0.2) is 8.78 Å². The van der Waals surface area contributed by atoms with E-state index in [9.17, 15) is 13.6 Å². The Balaban J connectivity index is 1.60. The van der Waals surface area contributed by atoms with Crippen LogP contribution in [0.4, 0.5) is 14.5 Å². The normalized spacial score (nSPS) is 10.9. The predicted molar refractivity (Wildman–Crippen MR) is 130 cm³/mol. The topological polar surface area (TPSA) is 59.8 Å². The minimum absolute atomic E-state index is 0.0616. The average molecular weight is 550 g/mol. The summed E-state index contributed by atoms with van der Waals surface area (Å²) in [4.78, 5) is 12.5. The number of carbonyl (C=O) groups excluding carboxylic acids is 1. The SMILES string of the molecule is Cc1ccc(-n2c(SCC(=O)Nc3c(F)cc(F)cc3Br)nnc2-c2ccc(Cl)cc2)cc1. The fourth-order valence-corrected chi connectivity index (χ4v) is 4.43. The summed E-state index contributed by atoms with van der Waals surface area (Å²) in [6.45, 7) is 1.99. The monoisotopic (exact) mass is 548 g/mol. The number of nitrogens with one attached hydrogen (secondary N) is 1. The molecule has 1 N–H and O–H groups in total. The molecule has 1 heterocycles. The lowest BCUT2D eigenvalue weighted by atomic mass is 10.2. The van der Waals surface area contributed by atoms with Crippen LogP contribution in [-0.4, -0.2) is 26.4 Å². The average Bonchev–Trinajstić information content (AvgIpc) is 3.20. The fourth-order valence-electron chi connectivity index (χ4n) is 3.04. The summed E-state index contributed by atoms with van der Waals surface area (Å²) in [5, 5.41) is 12.1. The second kappa shape index (κ2) is 10.0. The third kappa shape index (κ3) is 5.43. The summed E-state index contributed by atoms with van der Waals surface area (Å²) >= 11 is 10.2. The Hall–Kier alpha value is -2.75. The van der Waals surface area contributed by atoms with Gasteiger partial charge >= 0.3 is 0 Å². The van der Waals surface area contributed by atoms with Crippen molar-refractivity contribution in [2.45, 2.75) is 12.1 Å². The Kier molecular flexibility index (Phi) is 7.11. The molecular weight excluding hydrogens is 534 g/mol. The smallest absolute Gasteiger partial charge is 0.234 e. The number of halogens is 4. The molecule has 168 valence electrons. The number of amides is 1. The quantitative estimate of drug-likeness (QED) is 0.273. The Bertz CT molecular complexity index is 1290. The third-order valence-corrected chi connectivity index (χ3v) is 6.44. The van der Waals surface area contributed by atoms with Gasteiger partial charge in [0.2, 0.25) is 5.91 Å². The summed E-state index contributed by atoms with van der Waals surface area (Å²) in [6, 6.07) is 16.8. The highest BCUT2D eigenvalue weighted by molar-refractivity contribution is 9.10. The van der Waals surface area contributed by atoms with Crippen molar-refractivity contribution >= 4 is 50.9 Å². The molecule has 0 aliphatic rings. The highest BCUT2D eigenvalue weighted by atomic mass is 79.9. The van der Waals surface area contributed by atoms with Crippen LogP contribution in [0.3, 0.4) is 0 Å². The third-order valence-electron chi connectivity index (χ3n) is 4.63. The van der Waals surface area contributed by atoms with Gasteiger partial charge in [0.1, 0.15) is 5.82 Å². The van der Waals surface area contributed by atoms with Gasteiger partial charge < -0.3 is 5.32 Å². The molecule has 0 saturated carbocycles. The first kappa shape index (κ1) is 23.4. The van der Waals surface area contributed by atoms with E-state index in [0.29, 0.717) is 22.1 Å². The molecule has 0 aliphatic carbocycles. The van der Waals surface area contributed by atoms with Crippen molar-refractivity contribution in [1.82, 2.24) is 14.8 Å². The summed E-state index contributed by atoms with van der Waals surface area (Å²) < 4.78 is 29.3. The van der Waals surface area contributed by atoms with Crippen LogP contribution >= 0.6 is 39.3 Å². The second-order valence-electron chi connectivity index (χ2n) is 7.07. The minimum atomic E-state index is -0.868. The fraction of sp³-hybridized carbons (Fsp3) is 0.0870. The molecule has 4 aromatic rings. The molecule has 0 bridgehead atoms. The molecule has 0 fully saturated rings. The summed E-state index contributed by atoms with van der Waals surface area (Å²) in [7, 11) is 0.